The minimum atomic E-state index is -0.450. The molecule has 0 aromatic carbocycles. The Kier molecular flexibility index (Phi) is 10.9. The normalized spacial score (nSPS) is 25.5. The van der Waals surface area contributed by atoms with Gasteiger partial charge in [-0.2, -0.15) is 5.26 Å². The number of hydrogen-bond acceptors (Lipinski definition) is 5. The van der Waals surface area contributed by atoms with Gasteiger partial charge in [0.15, 0.2) is 0 Å². The number of esters is 1. The third kappa shape index (κ3) is 7.01. The molecule has 0 spiro atoms. The van der Waals surface area contributed by atoms with E-state index < -0.39 is 5.41 Å². The lowest BCUT2D eigenvalue weighted by atomic mass is 9.73. The van der Waals surface area contributed by atoms with Gasteiger partial charge in [0.2, 0.25) is 11.8 Å². The molecule has 2 aliphatic heterocycles. The predicted octanol–water partition coefficient (Wildman–Crippen LogP) is 3.17. The zero-order chi connectivity index (χ0) is 22.5. The number of rotatable bonds is 9. The summed E-state index contributed by atoms with van der Waals surface area (Å²) in [7, 11) is 1.36. The summed E-state index contributed by atoms with van der Waals surface area (Å²) < 4.78 is 4.60. The molecule has 2 atom stereocenters. The number of carbonyl (C=O) groups is 3. The highest BCUT2D eigenvalue weighted by molar-refractivity contribution is 5.84. The molecule has 0 saturated carbocycles. The van der Waals surface area contributed by atoms with Gasteiger partial charge in [-0.05, 0) is 51.4 Å². The number of carbonyl (C=O) groups excluding carboxylic acids is 3. The maximum atomic E-state index is 11.9. The lowest BCUT2D eigenvalue weighted by Gasteiger charge is -2.35. The van der Waals surface area contributed by atoms with Gasteiger partial charge in [0.05, 0.1) is 24.0 Å². The molecule has 30 heavy (non-hydrogen) atoms. The van der Waals surface area contributed by atoms with Gasteiger partial charge in [0, 0.05) is 25.9 Å². The van der Waals surface area contributed by atoms with E-state index in [2.05, 4.69) is 34.6 Å². The molecule has 0 bridgehead atoms. The number of ether oxygens (including phenoxy) is 1. The smallest absolute Gasteiger partial charge is 0.305 e. The Morgan fingerprint density at radius 3 is 1.97 bits per heavy atom. The molecule has 2 amide bonds. The van der Waals surface area contributed by atoms with E-state index in [0.717, 1.165) is 38.8 Å². The molecule has 2 saturated heterocycles. The van der Waals surface area contributed by atoms with Crippen LogP contribution >= 0.6 is 0 Å². The van der Waals surface area contributed by atoms with E-state index in [0.29, 0.717) is 32.1 Å². The molecule has 0 aromatic heterocycles. The number of amides is 2. The van der Waals surface area contributed by atoms with Gasteiger partial charge in [-0.25, -0.2) is 0 Å². The monoisotopic (exact) mass is 417 g/mol. The van der Waals surface area contributed by atoms with Crippen LogP contribution in [0.25, 0.3) is 0 Å². The van der Waals surface area contributed by atoms with Gasteiger partial charge in [-0.1, -0.05) is 12.2 Å². The maximum absolute atomic E-state index is 11.9. The van der Waals surface area contributed by atoms with Crippen LogP contribution in [-0.2, 0) is 19.1 Å². The minimum absolute atomic E-state index is 0.0440. The summed E-state index contributed by atoms with van der Waals surface area (Å²) in [6.45, 7) is 8.86. The Morgan fingerprint density at radius 1 is 1.07 bits per heavy atom. The van der Waals surface area contributed by atoms with E-state index in [-0.39, 0.29) is 29.6 Å². The molecule has 2 rings (SSSR count). The molecule has 0 radical (unpaired) electrons. The topological polar surface area (TPSA) is 108 Å². The zero-order valence-corrected chi connectivity index (χ0v) is 18.1. The molecular weight excluding hydrogens is 382 g/mol. The standard InChI is InChI=1S/C12H19NO3.C11H16N2O/c1-3-6-12(8-5-10(14)16-2)7-4-9-13-11(12)15;1-2-5-11(6-3-8-12)7-4-9-13-10(11)14/h3H,1,4-9H2,2H3,(H,13,15);2H,1,3-7,9H2,(H,13,14)/t12-;11-/m10/s1. The Bertz CT molecular complexity index is 670. The van der Waals surface area contributed by atoms with Crippen LogP contribution in [0.5, 0.6) is 0 Å². The fourth-order valence-electron chi connectivity index (χ4n) is 4.22. The summed E-state index contributed by atoms with van der Waals surface area (Å²) in [5.74, 6) is -0.122. The van der Waals surface area contributed by atoms with Crippen LogP contribution < -0.4 is 10.6 Å². The third-order valence-electron chi connectivity index (χ3n) is 6.02. The summed E-state index contributed by atoms with van der Waals surface area (Å²) in [6.07, 6.45) is 10.4. The molecule has 2 fully saturated rings. The van der Waals surface area contributed by atoms with Crippen molar-refractivity contribution in [3.8, 4) is 6.07 Å². The zero-order valence-electron chi connectivity index (χ0n) is 18.1. The molecular formula is C23H35N3O4. The number of piperidine rings is 2. The average Bonchev–Trinajstić information content (AvgIpc) is 2.75. The molecule has 0 unspecified atom stereocenters. The number of allylic oxidation sites excluding steroid dienone is 2. The Labute approximate surface area is 179 Å². The predicted molar refractivity (Wildman–Crippen MR) is 115 cm³/mol. The minimum Gasteiger partial charge on any atom is -0.469 e. The second-order valence-electron chi connectivity index (χ2n) is 8.00. The molecule has 2 aliphatic rings. The van der Waals surface area contributed by atoms with E-state index in [1.807, 2.05) is 0 Å². The van der Waals surface area contributed by atoms with Gasteiger partial charge in [0.25, 0.3) is 0 Å². The van der Waals surface area contributed by atoms with E-state index in [9.17, 15) is 14.4 Å². The number of nitrogens with zero attached hydrogens (tertiary/aromatic N) is 1. The van der Waals surface area contributed by atoms with Crippen LogP contribution in [0.1, 0.15) is 64.2 Å². The van der Waals surface area contributed by atoms with Crippen LogP contribution in [0.15, 0.2) is 25.3 Å². The van der Waals surface area contributed by atoms with Crippen LogP contribution in [0.2, 0.25) is 0 Å². The maximum Gasteiger partial charge on any atom is 0.305 e. The Balaban J connectivity index is 0.000000303. The summed E-state index contributed by atoms with van der Waals surface area (Å²) in [5, 5.41) is 14.3. The molecule has 7 heteroatoms. The first kappa shape index (κ1) is 25.4. The fraction of sp³-hybridized carbons (Fsp3) is 0.652. The van der Waals surface area contributed by atoms with Crippen molar-refractivity contribution in [3.05, 3.63) is 25.3 Å². The molecule has 0 aromatic rings. The van der Waals surface area contributed by atoms with Crippen LogP contribution in [-0.4, -0.2) is 38.0 Å². The van der Waals surface area contributed by atoms with Crippen LogP contribution in [0, 0.1) is 22.2 Å². The number of nitrogens with one attached hydrogen (secondary N) is 2. The Hall–Kier alpha value is -2.62. The highest BCUT2D eigenvalue weighted by atomic mass is 16.5. The van der Waals surface area contributed by atoms with Gasteiger partial charge in [-0.3, -0.25) is 14.4 Å². The summed E-state index contributed by atoms with van der Waals surface area (Å²) >= 11 is 0. The van der Waals surface area contributed by atoms with Crippen LogP contribution in [0.3, 0.4) is 0 Å². The van der Waals surface area contributed by atoms with Crippen molar-refractivity contribution in [1.82, 2.24) is 10.6 Å². The van der Waals surface area contributed by atoms with E-state index in [4.69, 9.17) is 5.26 Å². The fourth-order valence-corrected chi connectivity index (χ4v) is 4.22. The average molecular weight is 418 g/mol. The number of nitriles is 1. The first-order valence-corrected chi connectivity index (χ1v) is 10.6. The highest BCUT2D eigenvalue weighted by Gasteiger charge is 2.39. The number of methoxy groups -OCH3 is 1. The summed E-state index contributed by atoms with van der Waals surface area (Å²) in [4.78, 5) is 34.8. The molecule has 2 N–H and O–H groups in total. The SMILES string of the molecule is C=CC[C@]1(CCC#N)CCCNC1=O.C=CC[C@]1(CCC(=O)OC)CCCNC1=O. The molecule has 2 heterocycles. The molecule has 0 aliphatic carbocycles. The van der Waals surface area contributed by atoms with Crippen LogP contribution in [0.4, 0.5) is 0 Å². The third-order valence-corrected chi connectivity index (χ3v) is 6.02. The lowest BCUT2D eigenvalue weighted by Crippen LogP contribution is -2.45. The first-order valence-electron chi connectivity index (χ1n) is 10.6. The quantitative estimate of drug-likeness (QED) is 0.442. The largest absolute Gasteiger partial charge is 0.469 e. The van der Waals surface area contributed by atoms with Crippen molar-refractivity contribution in [2.75, 3.05) is 20.2 Å². The van der Waals surface area contributed by atoms with Crippen molar-refractivity contribution in [2.45, 2.75) is 64.2 Å². The first-order chi connectivity index (χ1) is 14.4. The van der Waals surface area contributed by atoms with Crippen molar-refractivity contribution in [3.63, 3.8) is 0 Å². The van der Waals surface area contributed by atoms with Crippen molar-refractivity contribution in [2.24, 2.45) is 10.8 Å². The van der Waals surface area contributed by atoms with Gasteiger partial charge in [0.1, 0.15) is 0 Å². The molecule has 7 nitrogen and oxygen atoms in total. The van der Waals surface area contributed by atoms with E-state index in [1.165, 1.54) is 7.11 Å². The second-order valence-corrected chi connectivity index (χ2v) is 8.00. The van der Waals surface area contributed by atoms with Crippen molar-refractivity contribution < 1.29 is 19.1 Å². The second kappa shape index (κ2) is 12.8. The van der Waals surface area contributed by atoms with Gasteiger partial charge >= 0.3 is 5.97 Å². The van der Waals surface area contributed by atoms with Gasteiger partial charge in [-0.15, -0.1) is 13.2 Å². The van der Waals surface area contributed by atoms with Crippen molar-refractivity contribution in [1.29, 1.82) is 5.26 Å². The highest BCUT2D eigenvalue weighted by Crippen LogP contribution is 2.37. The Morgan fingerprint density at radius 2 is 1.57 bits per heavy atom. The van der Waals surface area contributed by atoms with Gasteiger partial charge < -0.3 is 15.4 Å². The lowest BCUT2D eigenvalue weighted by molar-refractivity contribution is -0.142. The molecule has 166 valence electrons. The van der Waals surface area contributed by atoms with Crippen molar-refractivity contribution >= 4 is 17.8 Å². The summed E-state index contributed by atoms with van der Waals surface area (Å²) in [5.41, 5.74) is -0.802. The number of hydrogen-bond donors (Lipinski definition) is 2. The van der Waals surface area contributed by atoms with E-state index >= 15 is 0 Å². The van der Waals surface area contributed by atoms with E-state index in [1.54, 1.807) is 12.2 Å². The summed E-state index contributed by atoms with van der Waals surface area (Å²) in [6, 6.07) is 2.10.